The molecule has 0 aliphatic rings. The smallest absolute Gasteiger partial charge is 0.244 e. The number of pyridine rings is 1. The average molecular weight is 454 g/mol. The van der Waals surface area contributed by atoms with Crippen LogP contribution < -0.4 is 9.46 Å². The fourth-order valence-corrected chi connectivity index (χ4v) is 5.09. The van der Waals surface area contributed by atoms with Gasteiger partial charge in [0.1, 0.15) is 15.7 Å². The van der Waals surface area contributed by atoms with Crippen molar-refractivity contribution in [1.82, 2.24) is 14.7 Å². The van der Waals surface area contributed by atoms with Crippen LogP contribution in [-0.4, -0.2) is 25.5 Å². The third-order valence-corrected chi connectivity index (χ3v) is 6.76. The van der Waals surface area contributed by atoms with E-state index in [9.17, 15) is 8.42 Å². The molecule has 3 rings (SSSR count). The highest BCUT2D eigenvalue weighted by Gasteiger charge is 2.21. The van der Waals surface area contributed by atoms with Crippen LogP contribution in [0.4, 0.5) is 0 Å². The highest BCUT2D eigenvalue weighted by Crippen LogP contribution is 2.29. The molecule has 9 heteroatoms. The van der Waals surface area contributed by atoms with Crippen LogP contribution in [0.5, 0.6) is 5.75 Å². The Kier molecular flexibility index (Phi) is 5.71. The van der Waals surface area contributed by atoms with Crippen molar-refractivity contribution in [3.8, 4) is 16.3 Å². The second-order valence-corrected chi connectivity index (χ2v) is 9.12. The van der Waals surface area contributed by atoms with Crippen molar-refractivity contribution in [2.45, 2.75) is 18.4 Å². The topological polar surface area (TPSA) is 81.2 Å². The van der Waals surface area contributed by atoms with Gasteiger partial charge in [-0.1, -0.05) is 15.9 Å². The van der Waals surface area contributed by atoms with Gasteiger partial charge in [-0.2, -0.15) is 0 Å². The Morgan fingerprint density at radius 1 is 1.31 bits per heavy atom. The van der Waals surface area contributed by atoms with Gasteiger partial charge in [0.2, 0.25) is 10.0 Å². The molecule has 2 aromatic heterocycles. The van der Waals surface area contributed by atoms with E-state index in [1.165, 1.54) is 24.5 Å². The number of benzene rings is 1. The first-order valence-electron chi connectivity index (χ1n) is 7.60. The number of halogens is 1. The van der Waals surface area contributed by atoms with Crippen LogP contribution in [0.3, 0.4) is 0 Å². The molecule has 0 amide bonds. The number of hydrogen-bond acceptors (Lipinski definition) is 6. The van der Waals surface area contributed by atoms with Crippen LogP contribution in [0.2, 0.25) is 0 Å². The molecule has 6 nitrogen and oxygen atoms in total. The third kappa shape index (κ3) is 4.12. The normalized spacial score (nSPS) is 11.5. The lowest BCUT2D eigenvalue weighted by atomic mass is 10.3. The Balaban J connectivity index is 1.83. The lowest BCUT2D eigenvalue weighted by Crippen LogP contribution is -2.23. The van der Waals surface area contributed by atoms with E-state index in [4.69, 9.17) is 4.74 Å². The van der Waals surface area contributed by atoms with Gasteiger partial charge >= 0.3 is 0 Å². The summed E-state index contributed by atoms with van der Waals surface area (Å²) in [7, 11) is -2.29. The average Bonchev–Trinajstić information content (AvgIpc) is 3.02. The summed E-state index contributed by atoms with van der Waals surface area (Å²) >= 11 is 4.74. The molecule has 0 saturated heterocycles. The lowest BCUT2D eigenvalue weighted by Gasteiger charge is -2.10. The molecular formula is C17H16BrN3O3S2. The van der Waals surface area contributed by atoms with Gasteiger partial charge in [0.05, 0.1) is 12.8 Å². The van der Waals surface area contributed by atoms with Crippen molar-refractivity contribution >= 4 is 37.3 Å². The summed E-state index contributed by atoms with van der Waals surface area (Å²) in [5.41, 5.74) is 1.70. The van der Waals surface area contributed by atoms with Crippen LogP contribution in [0, 0.1) is 6.92 Å². The molecule has 0 aliphatic carbocycles. The Bertz CT molecular complexity index is 1020. The first-order valence-corrected chi connectivity index (χ1v) is 10.7. The van der Waals surface area contributed by atoms with Crippen molar-refractivity contribution < 1.29 is 13.2 Å². The molecule has 0 fully saturated rings. The standard InChI is InChI=1S/C17H16BrN3O3S2/c1-11-15(25-17(21-11)12-4-3-7-19-9-12)10-20-26(22,23)16-8-13(18)5-6-14(16)24-2/h3-9,20H,10H2,1-2H3. The van der Waals surface area contributed by atoms with Crippen LogP contribution in [0.1, 0.15) is 10.6 Å². The minimum Gasteiger partial charge on any atom is -0.495 e. The number of methoxy groups -OCH3 is 1. The third-order valence-electron chi connectivity index (χ3n) is 3.64. The van der Waals surface area contributed by atoms with Crippen molar-refractivity contribution in [1.29, 1.82) is 0 Å². The van der Waals surface area contributed by atoms with Crippen LogP contribution in [-0.2, 0) is 16.6 Å². The van der Waals surface area contributed by atoms with Gasteiger partial charge in [0.25, 0.3) is 0 Å². The first-order chi connectivity index (χ1) is 12.4. The zero-order valence-corrected chi connectivity index (χ0v) is 17.3. The zero-order valence-electron chi connectivity index (χ0n) is 14.1. The van der Waals surface area contributed by atoms with Crippen molar-refractivity contribution in [3.63, 3.8) is 0 Å². The number of thiazole rings is 1. The molecular weight excluding hydrogens is 438 g/mol. The maximum Gasteiger partial charge on any atom is 0.244 e. The number of ether oxygens (including phenoxy) is 1. The van der Waals surface area contributed by atoms with Crippen LogP contribution in [0.15, 0.2) is 52.1 Å². The summed E-state index contributed by atoms with van der Waals surface area (Å²) in [6, 6.07) is 8.61. The van der Waals surface area contributed by atoms with Crippen LogP contribution in [0.25, 0.3) is 10.6 Å². The number of aromatic nitrogens is 2. The SMILES string of the molecule is COc1ccc(Br)cc1S(=O)(=O)NCc1sc(-c2cccnc2)nc1C. The molecule has 136 valence electrons. The monoisotopic (exact) mass is 453 g/mol. The van der Waals surface area contributed by atoms with Gasteiger partial charge in [0.15, 0.2) is 0 Å². The highest BCUT2D eigenvalue weighted by atomic mass is 79.9. The van der Waals surface area contributed by atoms with Crippen LogP contribution >= 0.6 is 27.3 Å². The summed E-state index contributed by atoms with van der Waals surface area (Å²) in [4.78, 5) is 9.54. The Hall–Kier alpha value is -1.81. The summed E-state index contributed by atoms with van der Waals surface area (Å²) in [5.74, 6) is 0.290. The van der Waals surface area contributed by atoms with E-state index in [-0.39, 0.29) is 17.2 Å². The van der Waals surface area contributed by atoms with E-state index in [2.05, 4.69) is 30.6 Å². The summed E-state index contributed by atoms with van der Waals surface area (Å²) in [5, 5.41) is 0.810. The minimum atomic E-state index is -3.73. The largest absolute Gasteiger partial charge is 0.495 e. The van der Waals surface area contributed by atoms with Crippen molar-refractivity contribution in [2.24, 2.45) is 0 Å². The molecule has 3 aromatic rings. The van der Waals surface area contributed by atoms with Crippen molar-refractivity contribution in [2.75, 3.05) is 7.11 Å². The molecule has 0 atom stereocenters. The predicted molar refractivity (Wildman–Crippen MR) is 105 cm³/mol. The highest BCUT2D eigenvalue weighted by molar-refractivity contribution is 9.10. The van der Waals surface area contributed by atoms with Crippen molar-refractivity contribution in [3.05, 3.63) is 57.8 Å². The molecule has 0 saturated carbocycles. The second kappa shape index (κ2) is 7.83. The Morgan fingerprint density at radius 3 is 2.81 bits per heavy atom. The van der Waals surface area contributed by atoms with Gasteiger partial charge < -0.3 is 4.74 Å². The molecule has 0 unspecified atom stereocenters. The maximum atomic E-state index is 12.7. The summed E-state index contributed by atoms with van der Waals surface area (Å²) < 4.78 is 33.8. The summed E-state index contributed by atoms with van der Waals surface area (Å²) in [6.07, 6.45) is 3.43. The first kappa shape index (κ1) is 19.0. The van der Waals surface area contributed by atoms with Gasteiger partial charge in [-0.25, -0.2) is 18.1 Å². The van der Waals surface area contributed by atoms with E-state index in [1.54, 1.807) is 24.5 Å². The van der Waals surface area contributed by atoms with Gasteiger partial charge in [-0.05, 0) is 37.3 Å². The van der Waals surface area contributed by atoms with E-state index < -0.39 is 10.0 Å². The molecule has 1 aromatic carbocycles. The fourth-order valence-electron chi connectivity index (χ4n) is 2.30. The van der Waals surface area contributed by atoms with E-state index in [1.807, 2.05) is 19.1 Å². The Morgan fingerprint density at radius 2 is 2.12 bits per heavy atom. The molecule has 0 aliphatic heterocycles. The number of hydrogen-bond donors (Lipinski definition) is 1. The van der Waals surface area contributed by atoms with Gasteiger partial charge in [-0.3, -0.25) is 4.98 Å². The number of sulfonamides is 1. The molecule has 26 heavy (non-hydrogen) atoms. The molecule has 1 N–H and O–H groups in total. The quantitative estimate of drug-likeness (QED) is 0.614. The number of nitrogens with one attached hydrogen (secondary N) is 1. The number of aryl methyl sites for hydroxylation is 1. The van der Waals surface area contributed by atoms with Gasteiger partial charge in [0, 0.05) is 33.9 Å². The Labute approximate surface area is 164 Å². The maximum absolute atomic E-state index is 12.7. The lowest BCUT2D eigenvalue weighted by molar-refractivity contribution is 0.402. The van der Waals surface area contributed by atoms with E-state index >= 15 is 0 Å². The fraction of sp³-hybridized carbons (Fsp3) is 0.176. The summed E-state index contributed by atoms with van der Waals surface area (Å²) in [6.45, 7) is 2.02. The molecule has 2 heterocycles. The predicted octanol–water partition coefficient (Wildman–Crippen LogP) is 3.76. The minimum absolute atomic E-state index is 0.0871. The molecule has 0 radical (unpaired) electrons. The van der Waals surface area contributed by atoms with E-state index in [0.29, 0.717) is 4.47 Å². The zero-order chi connectivity index (χ0) is 18.7. The molecule has 0 bridgehead atoms. The molecule has 0 spiro atoms. The number of nitrogens with zero attached hydrogens (tertiary/aromatic N) is 2. The number of rotatable bonds is 6. The van der Waals surface area contributed by atoms with E-state index in [0.717, 1.165) is 21.1 Å². The second-order valence-electron chi connectivity index (χ2n) is 5.39. The van der Waals surface area contributed by atoms with Gasteiger partial charge in [-0.15, -0.1) is 11.3 Å².